The summed E-state index contributed by atoms with van der Waals surface area (Å²) in [5.41, 5.74) is 4.57. The van der Waals surface area contributed by atoms with Crippen molar-refractivity contribution < 1.29 is 0 Å². The molecule has 1 nitrogen and oxygen atoms in total. The van der Waals surface area contributed by atoms with E-state index in [1.165, 1.54) is 31.2 Å². The van der Waals surface area contributed by atoms with Crippen LogP contribution in [0, 0.1) is 0 Å². The van der Waals surface area contributed by atoms with Crippen molar-refractivity contribution in [3.05, 3.63) is 71.3 Å². The summed E-state index contributed by atoms with van der Waals surface area (Å²) >= 11 is 0. The fraction of sp³-hybridized carbons (Fsp3) is 0.368. The molecule has 1 aliphatic carbocycles. The molecule has 20 heavy (non-hydrogen) atoms. The first-order chi connectivity index (χ1) is 9.86. The monoisotopic (exact) mass is 265 g/mol. The van der Waals surface area contributed by atoms with Gasteiger partial charge in [0.05, 0.1) is 0 Å². The molecule has 2 aromatic carbocycles. The molecule has 0 bridgehead atoms. The molecule has 0 spiro atoms. The molecule has 0 saturated carbocycles. The lowest BCUT2D eigenvalue weighted by Gasteiger charge is -2.33. The van der Waals surface area contributed by atoms with Crippen molar-refractivity contribution in [2.45, 2.75) is 37.6 Å². The summed E-state index contributed by atoms with van der Waals surface area (Å²) in [6, 6.07) is 20.3. The molecule has 3 rings (SSSR count). The Kier molecular flexibility index (Phi) is 4.17. The number of nitrogens with one attached hydrogen (secondary N) is 1. The zero-order valence-electron chi connectivity index (χ0n) is 12.2. The lowest BCUT2D eigenvalue weighted by molar-refractivity contribution is 0.420. The second kappa shape index (κ2) is 6.23. The minimum Gasteiger partial charge on any atom is -0.317 e. The highest BCUT2D eigenvalue weighted by Gasteiger charge is 2.27. The molecule has 0 aliphatic heterocycles. The number of fused-ring (bicyclic) bond motifs is 1. The van der Waals surface area contributed by atoms with Crippen molar-refractivity contribution in [1.29, 1.82) is 0 Å². The van der Waals surface area contributed by atoms with E-state index in [9.17, 15) is 0 Å². The number of hydrogen-bond acceptors (Lipinski definition) is 1. The topological polar surface area (TPSA) is 12.0 Å². The third-order valence-electron chi connectivity index (χ3n) is 4.56. The molecule has 0 heterocycles. The SMILES string of the molecule is CNC(CCc1ccccc1)CC1Cc2ccccc21. The van der Waals surface area contributed by atoms with Crippen molar-refractivity contribution in [3.8, 4) is 0 Å². The Labute approximate surface area is 122 Å². The minimum atomic E-state index is 0.619. The highest BCUT2D eigenvalue weighted by molar-refractivity contribution is 5.39. The number of hydrogen-bond donors (Lipinski definition) is 1. The van der Waals surface area contributed by atoms with Crippen LogP contribution in [0.1, 0.15) is 35.4 Å². The van der Waals surface area contributed by atoms with E-state index < -0.39 is 0 Å². The Morgan fingerprint density at radius 3 is 2.55 bits per heavy atom. The van der Waals surface area contributed by atoms with Gasteiger partial charge in [-0.1, -0.05) is 54.6 Å². The highest BCUT2D eigenvalue weighted by atomic mass is 14.9. The fourth-order valence-corrected chi connectivity index (χ4v) is 3.28. The fourth-order valence-electron chi connectivity index (χ4n) is 3.28. The standard InChI is InChI=1S/C19H23N/c1-20-18(12-11-15-7-3-2-4-8-15)14-17-13-16-9-5-6-10-19(16)17/h2-10,17-18,20H,11-14H2,1H3. The lowest BCUT2D eigenvalue weighted by Crippen LogP contribution is -2.31. The van der Waals surface area contributed by atoms with Gasteiger partial charge in [0.15, 0.2) is 0 Å². The van der Waals surface area contributed by atoms with Gasteiger partial charge in [0.2, 0.25) is 0 Å². The molecule has 0 fully saturated rings. The maximum Gasteiger partial charge on any atom is 0.00731 e. The van der Waals surface area contributed by atoms with E-state index in [-0.39, 0.29) is 0 Å². The van der Waals surface area contributed by atoms with E-state index in [0.717, 1.165) is 5.92 Å². The van der Waals surface area contributed by atoms with Gasteiger partial charge >= 0.3 is 0 Å². The van der Waals surface area contributed by atoms with Gasteiger partial charge in [0, 0.05) is 6.04 Å². The molecule has 0 amide bonds. The molecule has 1 N–H and O–H groups in total. The Balaban J connectivity index is 1.54. The first-order valence-electron chi connectivity index (χ1n) is 7.66. The van der Waals surface area contributed by atoms with E-state index in [4.69, 9.17) is 0 Å². The normalized spacial score (nSPS) is 18.1. The molecule has 2 aromatic rings. The predicted octanol–water partition coefficient (Wildman–Crippen LogP) is 3.94. The summed E-state index contributed by atoms with van der Waals surface area (Å²) in [5.74, 6) is 0.763. The van der Waals surface area contributed by atoms with Gasteiger partial charge < -0.3 is 5.32 Å². The maximum absolute atomic E-state index is 3.50. The van der Waals surface area contributed by atoms with Crippen LogP contribution < -0.4 is 5.32 Å². The van der Waals surface area contributed by atoms with E-state index in [1.807, 2.05) is 0 Å². The van der Waals surface area contributed by atoms with Gasteiger partial charge in [-0.15, -0.1) is 0 Å². The summed E-state index contributed by atoms with van der Waals surface area (Å²) in [4.78, 5) is 0. The highest BCUT2D eigenvalue weighted by Crippen LogP contribution is 2.38. The van der Waals surface area contributed by atoms with E-state index in [2.05, 4.69) is 67.0 Å². The van der Waals surface area contributed by atoms with Crippen molar-refractivity contribution in [2.24, 2.45) is 0 Å². The molecule has 2 atom stereocenters. The van der Waals surface area contributed by atoms with Crippen molar-refractivity contribution in [1.82, 2.24) is 5.32 Å². The Morgan fingerprint density at radius 1 is 1.05 bits per heavy atom. The zero-order chi connectivity index (χ0) is 13.8. The minimum absolute atomic E-state index is 0.619. The molecular formula is C19H23N. The Hall–Kier alpha value is -1.60. The van der Waals surface area contributed by atoms with Gasteiger partial charge in [-0.05, 0) is 55.3 Å². The summed E-state index contributed by atoms with van der Waals surface area (Å²) in [6.45, 7) is 0. The van der Waals surface area contributed by atoms with Gasteiger partial charge in [0.25, 0.3) is 0 Å². The molecular weight excluding hydrogens is 242 g/mol. The van der Waals surface area contributed by atoms with Crippen molar-refractivity contribution in [2.75, 3.05) is 7.05 Å². The molecule has 0 aromatic heterocycles. The summed E-state index contributed by atoms with van der Waals surface area (Å²) < 4.78 is 0. The molecule has 104 valence electrons. The first-order valence-corrected chi connectivity index (χ1v) is 7.66. The average Bonchev–Trinajstić information content (AvgIpc) is 2.49. The van der Waals surface area contributed by atoms with Crippen molar-refractivity contribution in [3.63, 3.8) is 0 Å². The molecule has 0 saturated heterocycles. The smallest absolute Gasteiger partial charge is 0.00731 e. The molecule has 2 unspecified atom stereocenters. The number of benzene rings is 2. The van der Waals surface area contributed by atoms with Crippen LogP contribution in [0.5, 0.6) is 0 Å². The Bertz CT molecular complexity index is 547. The zero-order valence-corrected chi connectivity index (χ0v) is 12.2. The Morgan fingerprint density at radius 2 is 1.80 bits per heavy atom. The van der Waals surface area contributed by atoms with E-state index in [1.54, 1.807) is 11.1 Å². The predicted molar refractivity (Wildman–Crippen MR) is 85.1 cm³/mol. The number of rotatable bonds is 6. The van der Waals surface area contributed by atoms with Crippen LogP contribution in [-0.4, -0.2) is 13.1 Å². The number of aryl methyl sites for hydroxylation is 1. The van der Waals surface area contributed by atoms with Crippen LogP contribution in [0.3, 0.4) is 0 Å². The molecule has 1 aliphatic rings. The average molecular weight is 265 g/mol. The second-order valence-electron chi connectivity index (χ2n) is 5.85. The third-order valence-corrected chi connectivity index (χ3v) is 4.56. The van der Waals surface area contributed by atoms with Gasteiger partial charge in [-0.25, -0.2) is 0 Å². The molecule has 0 radical (unpaired) electrons. The van der Waals surface area contributed by atoms with E-state index >= 15 is 0 Å². The largest absolute Gasteiger partial charge is 0.317 e. The summed E-state index contributed by atoms with van der Waals surface area (Å²) in [7, 11) is 2.10. The van der Waals surface area contributed by atoms with Crippen LogP contribution in [0.25, 0.3) is 0 Å². The van der Waals surface area contributed by atoms with Gasteiger partial charge in [-0.2, -0.15) is 0 Å². The van der Waals surface area contributed by atoms with Crippen LogP contribution in [0.15, 0.2) is 54.6 Å². The molecule has 1 heteroatoms. The lowest BCUT2D eigenvalue weighted by atomic mass is 9.74. The van der Waals surface area contributed by atoms with Crippen molar-refractivity contribution >= 4 is 0 Å². The first kappa shape index (κ1) is 13.4. The summed E-state index contributed by atoms with van der Waals surface area (Å²) in [5, 5.41) is 3.50. The van der Waals surface area contributed by atoms with Crippen LogP contribution in [0.4, 0.5) is 0 Å². The van der Waals surface area contributed by atoms with Crippen LogP contribution >= 0.6 is 0 Å². The quantitative estimate of drug-likeness (QED) is 0.834. The maximum atomic E-state index is 3.50. The third kappa shape index (κ3) is 2.94. The van der Waals surface area contributed by atoms with Gasteiger partial charge in [-0.3, -0.25) is 0 Å². The van der Waals surface area contributed by atoms with Crippen LogP contribution in [0.2, 0.25) is 0 Å². The van der Waals surface area contributed by atoms with E-state index in [0.29, 0.717) is 6.04 Å². The summed E-state index contributed by atoms with van der Waals surface area (Å²) in [6.07, 6.45) is 4.92. The van der Waals surface area contributed by atoms with Gasteiger partial charge in [0.1, 0.15) is 0 Å². The van der Waals surface area contributed by atoms with Crippen LogP contribution in [-0.2, 0) is 12.8 Å². The second-order valence-corrected chi connectivity index (χ2v) is 5.85.